The quantitative estimate of drug-likeness (QED) is 0.646. The zero-order valence-electron chi connectivity index (χ0n) is 6.29. The van der Waals surface area contributed by atoms with E-state index in [1.165, 1.54) is 21.8 Å². The van der Waals surface area contributed by atoms with Crippen molar-refractivity contribution in [3.8, 4) is 11.3 Å². The minimum absolute atomic E-state index is 0.888. The van der Waals surface area contributed by atoms with Gasteiger partial charge in [0.25, 0.3) is 0 Å². The van der Waals surface area contributed by atoms with Gasteiger partial charge in [0.05, 0.1) is 16.9 Å². The Kier molecular flexibility index (Phi) is 1.10. The first-order chi connectivity index (χ1) is 5.95. The lowest BCUT2D eigenvalue weighted by Crippen LogP contribution is -2.04. The standard InChI is InChI=1S/C8H7N3S/c1-2-12-8-6(1)7-5(3-9-8)4-10-11-7/h1-2,4,9H,3H2,(H,10,11). The van der Waals surface area contributed by atoms with Crippen LogP contribution in [0.3, 0.4) is 0 Å². The number of nitrogens with one attached hydrogen (secondary N) is 2. The molecule has 0 unspecified atom stereocenters. The minimum atomic E-state index is 0.888. The van der Waals surface area contributed by atoms with Crippen LogP contribution >= 0.6 is 11.3 Å². The lowest BCUT2D eigenvalue weighted by molar-refractivity contribution is 1.09. The van der Waals surface area contributed by atoms with Crippen LogP contribution < -0.4 is 5.32 Å². The van der Waals surface area contributed by atoms with Crippen molar-refractivity contribution < 1.29 is 0 Å². The summed E-state index contributed by atoms with van der Waals surface area (Å²) in [6.07, 6.45) is 1.88. The number of aromatic nitrogens is 2. The molecule has 3 nitrogen and oxygen atoms in total. The Bertz CT molecular complexity index is 375. The molecule has 0 aliphatic carbocycles. The SMILES string of the molecule is c1cc2c(s1)NCc1cn[nH]c1-2. The van der Waals surface area contributed by atoms with Gasteiger partial charge in [0.2, 0.25) is 0 Å². The molecular weight excluding hydrogens is 170 g/mol. The zero-order valence-corrected chi connectivity index (χ0v) is 7.11. The topological polar surface area (TPSA) is 40.7 Å². The highest BCUT2D eigenvalue weighted by Gasteiger charge is 2.17. The molecule has 3 heterocycles. The van der Waals surface area contributed by atoms with Gasteiger partial charge in [-0.3, -0.25) is 5.10 Å². The van der Waals surface area contributed by atoms with Gasteiger partial charge in [0, 0.05) is 17.7 Å². The number of hydrogen-bond acceptors (Lipinski definition) is 3. The average molecular weight is 177 g/mol. The van der Waals surface area contributed by atoms with Crippen molar-refractivity contribution in [1.29, 1.82) is 0 Å². The molecule has 4 heteroatoms. The molecule has 1 aliphatic heterocycles. The molecule has 2 aromatic rings. The van der Waals surface area contributed by atoms with Gasteiger partial charge in [-0.25, -0.2) is 0 Å². The molecule has 2 N–H and O–H groups in total. The molecule has 0 fully saturated rings. The molecule has 3 rings (SSSR count). The summed E-state index contributed by atoms with van der Waals surface area (Å²) in [7, 11) is 0. The average Bonchev–Trinajstić information content (AvgIpc) is 2.71. The van der Waals surface area contributed by atoms with Crippen LogP contribution in [0.2, 0.25) is 0 Å². The van der Waals surface area contributed by atoms with E-state index in [0.717, 1.165) is 6.54 Å². The van der Waals surface area contributed by atoms with Crippen LogP contribution in [0, 0.1) is 0 Å². The van der Waals surface area contributed by atoms with Crippen molar-refractivity contribution in [2.45, 2.75) is 6.54 Å². The fraction of sp³-hybridized carbons (Fsp3) is 0.125. The molecule has 0 amide bonds. The van der Waals surface area contributed by atoms with Crippen molar-refractivity contribution >= 4 is 16.3 Å². The van der Waals surface area contributed by atoms with Gasteiger partial charge >= 0.3 is 0 Å². The number of nitrogens with zero attached hydrogens (tertiary/aromatic N) is 1. The second kappa shape index (κ2) is 2.10. The van der Waals surface area contributed by atoms with Crippen molar-refractivity contribution in [3.05, 3.63) is 23.2 Å². The van der Waals surface area contributed by atoms with Gasteiger partial charge in [-0.05, 0) is 11.4 Å². The lowest BCUT2D eigenvalue weighted by atomic mass is 10.1. The molecule has 0 aromatic carbocycles. The largest absolute Gasteiger partial charge is 0.372 e. The van der Waals surface area contributed by atoms with Crippen LogP contribution in [0.4, 0.5) is 5.00 Å². The Morgan fingerprint density at radius 2 is 2.50 bits per heavy atom. The maximum atomic E-state index is 4.02. The molecule has 1 aliphatic rings. The summed E-state index contributed by atoms with van der Waals surface area (Å²) in [5.41, 5.74) is 3.67. The molecule has 12 heavy (non-hydrogen) atoms. The van der Waals surface area contributed by atoms with Crippen LogP contribution in [0.5, 0.6) is 0 Å². The number of H-pyrrole nitrogens is 1. The van der Waals surface area contributed by atoms with Crippen molar-refractivity contribution in [1.82, 2.24) is 10.2 Å². The number of rotatable bonds is 0. The highest BCUT2D eigenvalue weighted by molar-refractivity contribution is 7.14. The van der Waals surface area contributed by atoms with Crippen LogP contribution in [-0.4, -0.2) is 10.2 Å². The van der Waals surface area contributed by atoms with Crippen molar-refractivity contribution in [2.24, 2.45) is 0 Å². The van der Waals surface area contributed by atoms with Gasteiger partial charge in [-0.1, -0.05) is 0 Å². The Balaban J connectivity index is 2.32. The maximum Gasteiger partial charge on any atom is 0.0980 e. The summed E-state index contributed by atoms with van der Waals surface area (Å²) in [6, 6.07) is 2.11. The van der Waals surface area contributed by atoms with Crippen LogP contribution in [0.15, 0.2) is 17.6 Å². The van der Waals surface area contributed by atoms with E-state index in [1.54, 1.807) is 11.3 Å². The van der Waals surface area contributed by atoms with E-state index < -0.39 is 0 Å². The third-order valence-electron chi connectivity index (χ3n) is 2.09. The minimum Gasteiger partial charge on any atom is -0.372 e. The Morgan fingerprint density at radius 3 is 3.50 bits per heavy atom. The third-order valence-corrected chi connectivity index (χ3v) is 2.96. The normalized spacial score (nSPS) is 13.3. The number of thiophene rings is 1. The third kappa shape index (κ3) is 0.674. The summed E-state index contributed by atoms with van der Waals surface area (Å²) >= 11 is 1.73. The molecule has 0 saturated carbocycles. The van der Waals surface area contributed by atoms with Crippen molar-refractivity contribution in [2.75, 3.05) is 5.32 Å². The number of fused-ring (bicyclic) bond motifs is 3. The van der Waals surface area contributed by atoms with Crippen LogP contribution in [-0.2, 0) is 6.54 Å². The highest BCUT2D eigenvalue weighted by atomic mass is 32.1. The van der Waals surface area contributed by atoms with Gasteiger partial charge in [-0.15, -0.1) is 11.3 Å². The van der Waals surface area contributed by atoms with E-state index >= 15 is 0 Å². The summed E-state index contributed by atoms with van der Waals surface area (Å²) in [5, 5.41) is 13.7. The molecule has 60 valence electrons. The summed E-state index contributed by atoms with van der Waals surface area (Å²) in [5.74, 6) is 0. The second-order valence-corrected chi connectivity index (χ2v) is 3.70. The number of hydrogen-bond donors (Lipinski definition) is 2. The molecule has 0 spiro atoms. The monoisotopic (exact) mass is 177 g/mol. The Hall–Kier alpha value is -1.29. The second-order valence-electron chi connectivity index (χ2n) is 2.79. The smallest absolute Gasteiger partial charge is 0.0980 e. The van der Waals surface area contributed by atoms with E-state index in [4.69, 9.17) is 0 Å². The number of anilines is 1. The molecular formula is C8H7N3S. The van der Waals surface area contributed by atoms with Gasteiger partial charge in [-0.2, -0.15) is 5.10 Å². The summed E-state index contributed by atoms with van der Waals surface area (Å²) in [6.45, 7) is 0.888. The maximum absolute atomic E-state index is 4.02. The van der Waals surface area contributed by atoms with Crippen LogP contribution in [0.1, 0.15) is 5.56 Å². The lowest BCUT2D eigenvalue weighted by Gasteiger charge is -2.12. The predicted octanol–water partition coefficient (Wildman–Crippen LogP) is 2.06. The molecule has 0 radical (unpaired) electrons. The number of aromatic amines is 1. The van der Waals surface area contributed by atoms with E-state index in [9.17, 15) is 0 Å². The Labute approximate surface area is 73.4 Å². The van der Waals surface area contributed by atoms with Gasteiger partial charge in [0.1, 0.15) is 0 Å². The van der Waals surface area contributed by atoms with Crippen LogP contribution in [0.25, 0.3) is 11.3 Å². The van der Waals surface area contributed by atoms with E-state index in [2.05, 4.69) is 27.0 Å². The molecule has 2 aromatic heterocycles. The fourth-order valence-electron chi connectivity index (χ4n) is 1.50. The van der Waals surface area contributed by atoms with Crippen molar-refractivity contribution in [3.63, 3.8) is 0 Å². The molecule has 0 saturated heterocycles. The zero-order chi connectivity index (χ0) is 7.97. The Morgan fingerprint density at radius 1 is 1.50 bits per heavy atom. The van der Waals surface area contributed by atoms with Gasteiger partial charge < -0.3 is 5.32 Å². The predicted molar refractivity (Wildman–Crippen MR) is 49.2 cm³/mol. The van der Waals surface area contributed by atoms with E-state index in [1.807, 2.05) is 6.20 Å². The van der Waals surface area contributed by atoms with E-state index in [0.29, 0.717) is 0 Å². The first-order valence-electron chi connectivity index (χ1n) is 3.79. The highest BCUT2D eigenvalue weighted by Crippen LogP contribution is 2.37. The summed E-state index contributed by atoms with van der Waals surface area (Å²) < 4.78 is 0. The molecule has 0 bridgehead atoms. The first-order valence-corrected chi connectivity index (χ1v) is 4.67. The van der Waals surface area contributed by atoms with E-state index in [-0.39, 0.29) is 0 Å². The first kappa shape index (κ1) is 6.25. The fourth-order valence-corrected chi connectivity index (χ4v) is 2.29. The van der Waals surface area contributed by atoms with Gasteiger partial charge in [0.15, 0.2) is 0 Å². The summed E-state index contributed by atoms with van der Waals surface area (Å²) in [4.78, 5) is 0. The molecule has 0 atom stereocenters.